The van der Waals surface area contributed by atoms with Crippen molar-refractivity contribution in [3.63, 3.8) is 0 Å². The zero-order valence-corrected chi connectivity index (χ0v) is 13.9. The molecule has 1 aliphatic carbocycles. The van der Waals surface area contributed by atoms with Crippen LogP contribution in [0.3, 0.4) is 0 Å². The summed E-state index contributed by atoms with van der Waals surface area (Å²) in [5, 5.41) is 39.8. The quantitative estimate of drug-likeness (QED) is 0.535. The van der Waals surface area contributed by atoms with Gasteiger partial charge >= 0.3 is 5.63 Å². The first kappa shape index (κ1) is 17.4. The normalized spacial score (nSPS) is 31.2. The number of hydrogen-bond donors (Lipinski definition) is 4. The third kappa shape index (κ3) is 2.80. The van der Waals surface area contributed by atoms with Crippen molar-refractivity contribution < 1.29 is 34.3 Å². The van der Waals surface area contributed by atoms with Crippen molar-refractivity contribution in [2.24, 2.45) is 0 Å². The van der Waals surface area contributed by atoms with Gasteiger partial charge in [0.05, 0.1) is 6.61 Å². The van der Waals surface area contributed by atoms with Gasteiger partial charge in [-0.2, -0.15) is 0 Å². The van der Waals surface area contributed by atoms with Crippen LogP contribution in [0.5, 0.6) is 5.75 Å². The molecule has 1 aliphatic heterocycles. The second kappa shape index (κ2) is 6.64. The van der Waals surface area contributed by atoms with Gasteiger partial charge in [0.25, 0.3) is 0 Å². The molecule has 0 saturated carbocycles. The molecule has 0 spiro atoms. The van der Waals surface area contributed by atoms with Gasteiger partial charge in [0, 0.05) is 17.0 Å². The minimum absolute atomic E-state index is 0.267. The zero-order chi connectivity index (χ0) is 18.4. The number of aliphatic hydroxyl groups is 4. The van der Waals surface area contributed by atoms with Crippen LogP contribution in [0.4, 0.5) is 0 Å². The number of hydrogen-bond acceptors (Lipinski definition) is 8. The molecule has 4 N–H and O–H groups in total. The number of fused-ring (bicyclic) bond motifs is 3. The van der Waals surface area contributed by atoms with Gasteiger partial charge in [-0.15, -0.1) is 0 Å². The third-order valence-corrected chi connectivity index (χ3v) is 5.05. The van der Waals surface area contributed by atoms with E-state index in [1.807, 2.05) is 0 Å². The van der Waals surface area contributed by atoms with Gasteiger partial charge in [0.1, 0.15) is 35.7 Å². The van der Waals surface area contributed by atoms with Crippen LogP contribution in [0.2, 0.25) is 0 Å². The largest absolute Gasteiger partial charge is 0.462 e. The van der Waals surface area contributed by atoms with Crippen molar-refractivity contribution in [3.05, 3.63) is 39.7 Å². The lowest BCUT2D eigenvalue weighted by Gasteiger charge is -2.39. The van der Waals surface area contributed by atoms with E-state index < -0.39 is 37.3 Å². The van der Waals surface area contributed by atoms with Crippen molar-refractivity contribution in [1.82, 2.24) is 0 Å². The molecule has 1 aromatic heterocycles. The minimum Gasteiger partial charge on any atom is -0.462 e. The highest BCUT2D eigenvalue weighted by Crippen LogP contribution is 2.31. The molecule has 1 aromatic carbocycles. The van der Waals surface area contributed by atoms with E-state index in [1.54, 1.807) is 12.1 Å². The molecule has 2 aromatic rings. The molecule has 2 heterocycles. The molecule has 0 amide bonds. The topological polar surface area (TPSA) is 130 Å². The van der Waals surface area contributed by atoms with Crippen molar-refractivity contribution in [2.75, 3.05) is 6.61 Å². The Morgan fingerprint density at radius 1 is 1.08 bits per heavy atom. The molecule has 140 valence electrons. The second-order valence-corrected chi connectivity index (χ2v) is 6.67. The van der Waals surface area contributed by atoms with Gasteiger partial charge < -0.3 is 34.3 Å². The van der Waals surface area contributed by atoms with E-state index in [-0.39, 0.29) is 11.4 Å². The van der Waals surface area contributed by atoms with Gasteiger partial charge in [-0.25, -0.2) is 4.79 Å². The second-order valence-electron chi connectivity index (χ2n) is 6.67. The lowest BCUT2D eigenvalue weighted by molar-refractivity contribution is -0.277. The summed E-state index contributed by atoms with van der Waals surface area (Å²) in [5.74, 6) is 0.267. The number of rotatable bonds is 3. The molecule has 8 heteroatoms. The Bertz CT molecular complexity index is 873. The zero-order valence-electron chi connectivity index (χ0n) is 13.9. The van der Waals surface area contributed by atoms with E-state index in [0.717, 1.165) is 35.8 Å². The first-order chi connectivity index (χ1) is 12.5. The van der Waals surface area contributed by atoms with E-state index in [2.05, 4.69) is 0 Å². The molecule has 1 saturated heterocycles. The molecule has 5 atom stereocenters. The Labute approximate surface area is 148 Å². The summed E-state index contributed by atoms with van der Waals surface area (Å²) in [6.07, 6.45) is -4.36. The van der Waals surface area contributed by atoms with Crippen molar-refractivity contribution in [2.45, 2.75) is 50.0 Å². The highest BCUT2D eigenvalue weighted by Gasteiger charge is 2.44. The average Bonchev–Trinajstić information content (AvgIpc) is 3.13. The highest BCUT2D eigenvalue weighted by atomic mass is 16.7. The fourth-order valence-corrected chi connectivity index (χ4v) is 3.64. The van der Waals surface area contributed by atoms with Crippen molar-refractivity contribution in [3.8, 4) is 5.75 Å². The Hall–Kier alpha value is -1.97. The van der Waals surface area contributed by atoms with Gasteiger partial charge in [0.15, 0.2) is 0 Å². The van der Waals surface area contributed by atoms with Crippen molar-refractivity contribution in [1.29, 1.82) is 0 Å². The maximum atomic E-state index is 12.1. The van der Waals surface area contributed by atoms with Gasteiger partial charge in [-0.1, -0.05) is 0 Å². The Kier molecular flexibility index (Phi) is 4.45. The lowest BCUT2D eigenvalue weighted by atomic mass is 9.99. The fourth-order valence-electron chi connectivity index (χ4n) is 3.64. The van der Waals surface area contributed by atoms with Crippen LogP contribution in [0.15, 0.2) is 27.4 Å². The summed E-state index contributed by atoms with van der Waals surface area (Å²) < 4.78 is 16.3. The number of benzene rings is 1. The Morgan fingerprint density at radius 3 is 2.62 bits per heavy atom. The maximum absolute atomic E-state index is 12.1. The Morgan fingerprint density at radius 2 is 1.85 bits per heavy atom. The molecule has 0 radical (unpaired) electrons. The van der Waals surface area contributed by atoms with Crippen molar-refractivity contribution >= 4 is 11.0 Å². The standard InChI is InChI=1S/C18H20O8/c19-7-13-14(20)15(21)16(22)18(26-13)24-8-4-5-10-9-2-1-3-11(9)17(23)25-12(10)6-8/h4-6,13-16,18-22H,1-3,7H2/t13-,14-,15+,16-,18-/m1/s1. The fraction of sp³-hybridized carbons (Fsp3) is 0.500. The first-order valence-corrected chi connectivity index (χ1v) is 8.55. The molecule has 8 nitrogen and oxygen atoms in total. The predicted molar refractivity (Wildman–Crippen MR) is 88.9 cm³/mol. The summed E-state index contributed by atoms with van der Waals surface area (Å²) in [6.45, 7) is -0.538. The van der Waals surface area contributed by atoms with Crippen LogP contribution in [0.1, 0.15) is 17.5 Å². The van der Waals surface area contributed by atoms with E-state index in [1.165, 1.54) is 6.07 Å². The molecule has 0 bridgehead atoms. The van der Waals surface area contributed by atoms with E-state index in [0.29, 0.717) is 5.58 Å². The van der Waals surface area contributed by atoms with Crippen LogP contribution in [0.25, 0.3) is 11.0 Å². The monoisotopic (exact) mass is 364 g/mol. The van der Waals surface area contributed by atoms with Crippen LogP contribution < -0.4 is 10.4 Å². The Balaban J connectivity index is 1.63. The summed E-state index contributed by atoms with van der Waals surface area (Å²) in [5.41, 5.74) is 1.74. The maximum Gasteiger partial charge on any atom is 0.339 e. The number of ether oxygens (including phenoxy) is 2. The summed E-state index contributed by atoms with van der Waals surface area (Å²) in [4.78, 5) is 12.1. The number of aryl methyl sites for hydroxylation is 1. The molecule has 0 unspecified atom stereocenters. The predicted octanol–water partition coefficient (Wildman–Crippen LogP) is -0.540. The SMILES string of the molecule is O=c1oc2cc(O[C@@H]3O[C@H](CO)[C@@H](O)[C@H](O)[C@H]3O)ccc2c2c1CCC2. The smallest absolute Gasteiger partial charge is 0.339 e. The van der Waals surface area contributed by atoms with E-state index in [4.69, 9.17) is 13.9 Å². The minimum atomic E-state index is -1.52. The van der Waals surface area contributed by atoms with E-state index >= 15 is 0 Å². The van der Waals surface area contributed by atoms with Crippen LogP contribution in [0, 0.1) is 0 Å². The van der Waals surface area contributed by atoms with Gasteiger partial charge in [-0.05, 0) is 37.0 Å². The first-order valence-electron chi connectivity index (χ1n) is 8.55. The van der Waals surface area contributed by atoms with Gasteiger partial charge in [0.2, 0.25) is 6.29 Å². The number of aliphatic hydroxyl groups excluding tert-OH is 4. The lowest BCUT2D eigenvalue weighted by Crippen LogP contribution is -2.60. The summed E-state index contributed by atoms with van der Waals surface area (Å²) in [6, 6.07) is 4.96. The molecule has 1 fully saturated rings. The van der Waals surface area contributed by atoms with Gasteiger partial charge in [-0.3, -0.25) is 0 Å². The summed E-state index contributed by atoms with van der Waals surface area (Å²) >= 11 is 0. The van der Waals surface area contributed by atoms with Crippen LogP contribution >= 0.6 is 0 Å². The molecule has 2 aliphatic rings. The average molecular weight is 364 g/mol. The summed E-state index contributed by atoms with van der Waals surface area (Å²) in [7, 11) is 0. The molecular formula is C18H20O8. The van der Waals surface area contributed by atoms with Crippen LogP contribution in [-0.2, 0) is 17.6 Å². The molecular weight excluding hydrogens is 344 g/mol. The molecule has 26 heavy (non-hydrogen) atoms. The third-order valence-electron chi connectivity index (χ3n) is 5.05. The van der Waals surface area contributed by atoms with E-state index in [9.17, 15) is 25.2 Å². The highest BCUT2D eigenvalue weighted by molar-refractivity contribution is 5.83. The molecule has 4 rings (SSSR count). The van der Waals surface area contributed by atoms with Crippen LogP contribution in [-0.4, -0.2) is 57.7 Å².